The van der Waals surface area contributed by atoms with Crippen molar-refractivity contribution in [2.45, 2.75) is 0 Å². The predicted octanol–water partition coefficient (Wildman–Crippen LogP) is 3.03. The van der Waals surface area contributed by atoms with Gasteiger partial charge in [-0.25, -0.2) is 0 Å². The second-order valence-corrected chi connectivity index (χ2v) is 4.38. The number of carbonyl (C=O) groups is 1. The number of pyridine rings is 1. The number of hydrogen-bond donors (Lipinski definition) is 0. The van der Waals surface area contributed by atoms with Gasteiger partial charge in [0.05, 0.1) is 9.21 Å². The maximum atomic E-state index is 11.8. The smallest absolute Gasteiger partial charge is 0.203 e. The van der Waals surface area contributed by atoms with Gasteiger partial charge in [-0.2, -0.15) is 0 Å². The fourth-order valence-corrected chi connectivity index (χ4v) is 2.09. The number of ketones is 1. The summed E-state index contributed by atoms with van der Waals surface area (Å²) >= 11 is 7.03. The first-order valence-electron chi connectivity index (χ1n) is 3.97. The van der Waals surface area contributed by atoms with Gasteiger partial charge in [0, 0.05) is 18.0 Å². The van der Waals surface area contributed by atoms with Crippen LogP contribution in [0.5, 0.6) is 0 Å². The summed E-state index contributed by atoms with van der Waals surface area (Å²) in [6.45, 7) is 0. The van der Waals surface area contributed by atoms with Gasteiger partial charge in [0.2, 0.25) is 5.78 Å². The molecule has 0 aliphatic heterocycles. The molecule has 2 aromatic heterocycles. The Morgan fingerprint density at radius 3 is 2.50 bits per heavy atom. The molecule has 0 radical (unpaired) electrons. The van der Waals surface area contributed by atoms with Gasteiger partial charge in [-0.3, -0.25) is 9.78 Å². The van der Waals surface area contributed by atoms with Gasteiger partial charge in [-0.15, -0.1) is 11.3 Å². The van der Waals surface area contributed by atoms with Crippen LogP contribution in [0.4, 0.5) is 0 Å². The van der Waals surface area contributed by atoms with E-state index in [2.05, 4.69) is 4.98 Å². The highest BCUT2D eigenvalue weighted by molar-refractivity contribution is 7.18. The zero-order chi connectivity index (χ0) is 9.97. The maximum absolute atomic E-state index is 11.8. The largest absolute Gasteiger partial charge is 0.288 e. The normalized spacial score (nSPS) is 10.1. The van der Waals surface area contributed by atoms with E-state index in [1.165, 1.54) is 11.3 Å². The monoisotopic (exact) mass is 223 g/mol. The molecule has 0 amide bonds. The van der Waals surface area contributed by atoms with Gasteiger partial charge < -0.3 is 0 Å². The number of halogens is 1. The lowest BCUT2D eigenvalue weighted by Crippen LogP contribution is -1.97. The third-order valence-corrected chi connectivity index (χ3v) is 2.97. The van der Waals surface area contributed by atoms with Crippen LogP contribution in [0.2, 0.25) is 4.34 Å². The van der Waals surface area contributed by atoms with Crippen molar-refractivity contribution in [1.29, 1.82) is 0 Å². The highest BCUT2D eigenvalue weighted by Gasteiger charge is 2.10. The molecule has 70 valence electrons. The Bertz CT molecular complexity index is 452. The molecule has 0 aliphatic rings. The van der Waals surface area contributed by atoms with Crippen molar-refractivity contribution in [3.05, 3.63) is 51.4 Å². The molecule has 0 atom stereocenters. The van der Waals surface area contributed by atoms with Crippen molar-refractivity contribution in [2.24, 2.45) is 0 Å². The lowest BCUT2D eigenvalue weighted by Gasteiger charge is -1.95. The van der Waals surface area contributed by atoms with Crippen LogP contribution in [0.3, 0.4) is 0 Å². The van der Waals surface area contributed by atoms with Crippen molar-refractivity contribution < 1.29 is 4.79 Å². The zero-order valence-corrected chi connectivity index (χ0v) is 8.68. The summed E-state index contributed by atoms with van der Waals surface area (Å²) in [6.07, 6.45) is 3.20. The molecule has 0 aromatic carbocycles. The molecule has 4 heteroatoms. The Kier molecular flexibility index (Phi) is 2.61. The average molecular weight is 224 g/mol. The van der Waals surface area contributed by atoms with Gasteiger partial charge >= 0.3 is 0 Å². The summed E-state index contributed by atoms with van der Waals surface area (Å²) in [5, 5.41) is 0. The Hall–Kier alpha value is -1.19. The molecule has 0 saturated carbocycles. The van der Waals surface area contributed by atoms with Gasteiger partial charge in [-0.1, -0.05) is 11.6 Å². The van der Waals surface area contributed by atoms with Gasteiger partial charge in [0.25, 0.3) is 0 Å². The highest BCUT2D eigenvalue weighted by atomic mass is 35.5. The lowest BCUT2D eigenvalue weighted by molar-refractivity contribution is 0.104. The number of nitrogens with zero attached hydrogens (tertiary/aromatic N) is 1. The van der Waals surface area contributed by atoms with E-state index in [9.17, 15) is 4.79 Å². The summed E-state index contributed by atoms with van der Waals surface area (Å²) in [6, 6.07) is 6.84. The number of hydrogen-bond acceptors (Lipinski definition) is 3. The third-order valence-electron chi connectivity index (χ3n) is 1.74. The Morgan fingerprint density at radius 2 is 1.93 bits per heavy atom. The van der Waals surface area contributed by atoms with Crippen LogP contribution >= 0.6 is 22.9 Å². The van der Waals surface area contributed by atoms with E-state index in [1.54, 1.807) is 36.7 Å². The van der Waals surface area contributed by atoms with E-state index in [1.807, 2.05) is 0 Å². The van der Waals surface area contributed by atoms with Crippen LogP contribution in [-0.4, -0.2) is 10.8 Å². The van der Waals surface area contributed by atoms with E-state index in [0.717, 1.165) is 0 Å². The first-order valence-corrected chi connectivity index (χ1v) is 5.17. The van der Waals surface area contributed by atoms with Gasteiger partial charge in [0.1, 0.15) is 0 Å². The second-order valence-electron chi connectivity index (χ2n) is 2.67. The van der Waals surface area contributed by atoms with E-state index in [0.29, 0.717) is 14.8 Å². The maximum Gasteiger partial charge on any atom is 0.203 e. The molecule has 0 aliphatic carbocycles. The summed E-state index contributed by atoms with van der Waals surface area (Å²) in [7, 11) is 0. The topological polar surface area (TPSA) is 30.0 Å². The Labute approximate surface area is 90.2 Å². The summed E-state index contributed by atoms with van der Waals surface area (Å²) in [5.41, 5.74) is 0.638. The first-order chi connectivity index (χ1) is 6.77. The van der Waals surface area contributed by atoms with Crippen LogP contribution < -0.4 is 0 Å². The number of rotatable bonds is 2. The predicted molar refractivity (Wildman–Crippen MR) is 57.0 cm³/mol. The molecule has 14 heavy (non-hydrogen) atoms. The van der Waals surface area contributed by atoms with Gasteiger partial charge in [0.15, 0.2) is 0 Å². The minimum atomic E-state index is -0.00991. The number of aromatic nitrogens is 1. The molecule has 0 spiro atoms. The lowest BCUT2D eigenvalue weighted by atomic mass is 10.1. The fourth-order valence-electron chi connectivity index (χ4n) is 1.08. The Morgan fingerprint density at radius 1 is 1.21 bits per heavy atom. The highest BCUT2D eigenvalue weighted by Crippen LogP contribution is 2.23. The zero-order valence-electron chi connectivity index (χ0n) is 7.11. The molecular weight excluding hydrogens is 218 g/mol. The summed E-state index contributed by atoms with van der Waals surface area (Å²) < 4.78 is 0.627. The summed E-state index contributed by atoms with van der Waals surface area (Å²) in [4.78, 5) is 16.3. The molecule has 2 aromatic rings. The SMILES string of the molecule is O=C(c1ccncc1)c1ccc(Cl)s1. The molecule has 2 rings (SSSR count). The minimum absolute atomic E-state index is 0.00991. The van der Waals surface area contributed by atoms with E-state index in [4.69, 9.17) is 11.6 Å². The van der Waals surface area contributed by atoms with Crippen molar-refractivity contribution >= 4 is 28.7 Å². The van der Waals surface area contributed by atoms with Crippen molar-refractivity contribution in [1.82, 2.24) is 4.98 Å². The molecule has 2 nitrogen and oxygen atoms in total. The quantitative estimate of drug-likeness (QED) is 0.733. The van der Waals surface area contributed by atoms with Crippen molar-refractivity contribution in [3.63, 3.8) is 0 Å². The average Bonchev–Trinajstić information content (AvgIpc) is 2.65. The van der Waals surface area contributed by atoms with Crippen LogP contribution in [-0.2, 0) is 0 Å². The molecule has 0 saturated heterocycles. The molecule has 0 bridgehead atoms. The van der Waals surface area contributed by atoms with E-state index < -0.39 is 0 Å². The molecule has 0 fully saturated rings. The second kappa shape index (κ2) is 3.90. The van der Waals surface area contributed by atoms with E-state index >= 15 is 0 Å². The van der Waals surface area contributed by atoms with Crippen LogP contribution in [0, 0.1) is 0 Å². The van der Waals surface area contributed by atoms with Crippen LogP contribution in [0.1, 0.15) is 15.2 Å². The van der Waals surface area contributed by atoms with Crippen LogP contribution in [0.25, 0.3) is 0 Å². The molecule has 0 N–H and O–H groups in total. The van der Waals surface area contributed by atoms with E-state index in [-0.39, 0.29) is 5.78 Å². The van der Waals surface area contributed by atoms with Gasteiger partial charge in [-0.05, 0) is 24.3 Å². The number of thiophene rings is 1. The van der Waals surface area contributed by atoms with Crippen molar-refractivity contribution in [2.75, 3.05) is 0 Å². The Balaban J connectivity index is 2.34. The first kappa shape index (κ1) is 9.37. The summed E-state index contributed by atoms with van der Waals surface area (Å²) in [5.74, 6) is -0.00991. The molecular formula is C10H6ClNOS. The standard InChI is InChI=1S/C10H6ClNOS/c11-9-2-1-8(14-9)10(13)7-3-5-12-6-4-7/h1-6H. The van der Waals surface area contributed by atoms with Crippen molar-refractivity contribution in [3.8, 4) is 0 Å². The third kappa shape index (κ3) is 1.84. The fraction of sp³-hybridized carbons (Fsp3) is 0. The molecule has 2 heterocycles. The minimum Gasteiger partial charge on any atom is -0.288 e. The molecule has 0 unspecified atom stereocenters. The van der Waals surface area contributed by atoms with Crippen LogP contribution in [0.15, 0.2) is 36.7 Å². The number of carbonyl (C=O) groups excluding carboxylic acids is 1.